The topological polar surface area (TPSA) is 35.5 Å². The lowest BCUT2D eigenvalue weighted by molar-refractivity contribution is -0.138. The van der Waals surface area contributed by atoms with Gasteiger partial charge in [-0.1, -0.05) is 35.0 Å². The Bertz CT molecular complexity index is 424. The van der Waals surface area contributed by atoms with Gasteiger partial charge in [0.2, 0.25) is 0 Å². The molecule has 0 spiro atoms. The molecule has 0 atom stereocenters. The maximum atomic E-state index is 11.7. The van der Waals surface area contributed by atoms with E-state index in [9.17, 15) is 4.79 Å². The van der Waals surface area contributed by atoms with Gasteiger partial charge in [0.15, 0.2) is 0 Å². The Morgan fingerprint density at radius 1 is 1.26 bits per heavy atom. The van der Waals surface area contributed by atoms with Gasteiger partial charge in [-0.3, -0.25) is 0 Å². The number of carbonyl (C=O) groups excluding carboxylic acids is 1. The van der Waals surface area contributed by atoms with Crippen LogP contribution in [0, 0.1) is 0 Å². The van der Waals surface area contributed by atoms with Crippen LogP contribution in [-0.4, -0.2) is 24.5 Å². The lowest BCUT2D eigenvalue weighted by atomic mass is 10.1. The maximum Gasteiger partial charge on any atom is 0.333 e. The summed E-state index contributed by atoms with van der Waals surface area (Å²) in [6.07, 6.45) is 2.51. The molecule has 0 fully saturated rings. The number of esters is 1. The minimum Gasteiger partial charge on any atom is -0.493 e. The largest absolute Gasteiger partial charge is 0.493 e. The molecule has 0 aliphatic carbocycles. The summed E-state index contributed by atoms with van der Waals surface area (Å²) in [5, 5.41) is 0.803. The lowest BCUT2D eigenvalue weighted by Gasteiger charge is -2.06. The van der Waals surface area contributed by atoms with Gasteiger partial charge < -0.3 is 9.47 Å². The van der Waals surface area contributed by atoms with E-state index < -0.39 is 0 Å². The third-order valence-electron chi connectivity index (χ3n) is 2.49. The Balaban J connectivity index is 2.76. The molecule has 0 unspecified atom stereocenters. The number of ether oxygens (including phenoxy) is 2. The minimum absolute atomic E-state index is 0.246. The molecule has 4 heteroatoms. The highest BCUT2D eigenvalue weighted by Gasteiger charge is 2.07. The molecule has 1 aromatic rings. The third kappa shape index (κ3) is 5.47. The Labute approximate surface area is 122 Å². The SMILES string of the molecule is CCOC(=O)/C(=C/c1ccc(OCCBr)cc1)CC. The standard InChI is InChI=1S/C15H19BrO3/c1-3-13(15(17)18-4-2)11-12-5-7-14(8-6-12)19-10-9-16/h5-8,11H,3-4,9-10H2,1-2H3/b13-11+. The van der Waals surface area contributed by atoms with Crippen LogP contribution in [0.15, 0.2) is 29.8 Å². The number of hydrogen-bond acceptors (Lipinski definition) is 3. The van der Waals surface area contributed by atoms with E-state index in [1.54, 1.807) is 6.92 Å². The van der Waals surface area contributed by atoms with E-state index in [0.717, 1.165) is 16.6 Å². The van der Waals surface area contributed by atoms with Crippen LogP contribution < -0.4 is 4.74 Å². The second-order valence-corrected chi connectivity index (χ2v) is 4.64. The molecular formula is C15H19BrO3. The van der Waals surface area contributed by atoms with Gasteiger partial charge in [-0.2, -0.15) is 0 Å². The summed E-state index contributed by atoms with van der Waals surface area (Å²) in [5.74, 6) is 0.579. The molecule has 0 aromatic heterocycles. The van der Waals surface area contributed by atoms with Gasteiger partial charge in [0.1, 0.15) is 5.75 Å². The molecular weight excluding hydrogens is 308 g/mol. The number of alkyl halides is 1. The molecule has 1 aromatic carbocycles. The molecule has 1 rings (SSSR count). The lowest BCUT2D eigenvalue weighted by Crippen LogP contribution is -2.06. The molecule has 0 N–H and O–H groups in total. The molecule has 0 aliphatic rings. The average Bonchev–Trinajstić information content (AvgIpc) is 2.44. The van der Waals surface area contributed by atoms with Crippen molar-refractivity contribution < 1.29 is 14.3 Å². The number of hydrogen-bond donors (Lipinski definition) is 0. The van der Waals surface area contributed by atoms with Crippen molar-refractivity contribution in [3.8, 4) is 5.75 Å². The van der Waals surface area contributed by atoms with E-state index in [-0.39, 0.29) is 5.97 Å². The first-order valence-electron chi connectivity index (χ1n) is 6.37. The quantitative estimate of drug-likeness (QED) is 0.434. The van der Waals surface area contributed by atoms with Crippen molar-refractivity contribution in [3.63, 3.8) is 0 Å². The van der Waals surface area contributed by atoms with Crippen molar-refractivity contribution in [1.29, 1.82) is 0 Å². The van der Waals surface area contributed by atoms with Crippen molar-refractivity contribution in [2.75, 3.05) is 18.5 Å². The van der Waals surface area contributed by atoms with E-state index in [1.807, 2.05) is 37.3 Å². The smallest absolute Gasteiger partial charge is 0.333 e. The van der Waals surface area contributed by atoms with Gasteiger partial charge >= 0.3 is 5.97 Å². The fraction of sp³-hybridized carbons (Fsp3) is 0.400. The zero-order valence-corrected chi connectivity index (χ0v) is 12.9. The van der Waals surface area contributed by atoms with Crippen LogP contribution in [0.3, 0.4) is 0 Å². The minimum atomic E-state index is -0.246. The molecule has 0 heterocycles. The highest BCUT2D eigenvalue weighted by Crippen LogP contribution is 2.16. The average molecular weight is 327 g/mol. The molecule has 0 saturated carbocycles. The normalized spacial score (nSPS) is 11.2. The predicted octanol–water partition coefficient (Wildman–Crippen LogP) is 3.82. The zero-order chi connectivity index (χ0) is 14.1. The highest BCUT2D eigenvalue weighted by atomic mass is 79.9. The van der Waals surface area contributed by atoms with Gasteiger partial charge in [0.05, 0.1) is 13.2 Å². The highest BCUT2D eigenvalue weighted by molar-refractivity contribution is 9.09. The van der Waals surface area contributed by atoms with Crippen molar-refractivity contribution in [2.45, 2.75) is 20.3 Å². The summed E-state index contributed by atoms with van der Waals surface area (Å²) in [6, 6.07) is 7.65. The summed E-state index contributed by atoms with van der Waals surface area (Å²) in [6.45, 7) is 4.78. The monoisotopic (exact) mass is 326 g/mol. The van der Waals surface area contributed by atoms with E-state index in [2.05, 4.69) is 15.9 Å². The van der Waals surface area contributed by atoms with E-state index in [0.29, 0.717) is 25.2 Å². The van der Waals surface area contributed by atoms with Crippen molar-refractivity contribution in [1.82, 2.24) is 0 Å². The Hall–Kier alpha value is -1.29. The molecule has 0 bridgehead atoms. The number of rotatable bonds is 7. The van der Waals surface area contributed by atoms with Gasteiger partial charge in [0, 0.05) is 10.9 Å². The van der Waals surface area contributed by atoms with E-state index >= 15 is 0 Å². The second kappa shape index (κ2) is 8.75. The van der Waals surface area contributed by atoms with Gasteiger partial charge in [0.25, 0.3) is 0 Å². The van der Waals surface area contributed by atoms with Crippen LogP contribution in [0.5, 0.6) is 5.75 Å². The van der Waals surface area contributed by atoms with Crippen LogP contribution in [0.2, 0.25) is 0 Å². The predicted molar refractivity (Wildman–Crippen MR) is 80.6 cm³/mol. The molecule has 3 nitrogen and oxygen atoms in total. The molecule has 0 amide bonds. The number of carbonyl (C=O) groups is 1. The number of halogens is 1. The first kappa shape index (κ1) is 15.8. The second-order valence-electron chi connectivity index (χ2n) is 3.85. The van der Waals surface area contributed by atoms with Gasteiger partial charge in [-0.15, -0.1) is 0 Å². The van der Waals surface area contributed by atoms with Crippen molar-refractivity contribution in [3.05, 3.63) is 35.4 Å². The summed E-state index contributed by atoms with van der Waals surface area (Å²) in [5.41, 5.74) is 1.65. The molecule has 0 aliphatic heterocycles. The van der Waals surface area contributed by atoms with E-state index in [4.69, 9.17) is 9.47 Å². The fourth-order valence-electron chi connectivity index (χ4n) is 1.55. The first-order valence-corrected chi connectivity index (χ1v) is 7.49. The maximum absolute atomic E-state index is 11.7. The summed E-state index contributed by atoms with van der Waals surface area (Å²) in [7, 11) is 0. The van der Waals surface area contributed by atoms with Crippen LogP contribution >= 0.6 is 15.9 Å². The fourth-order valence-corrected chi connectivity index (χ4v) is 1.71. The third-order valence-corrected chi connectivity index (χ3v) is 2.81. The number of benzene rings is 1. The van der Waals surface area contributed by atoms with E-state index in [1.165, 1.54) is 0 Å². The Kier molecular flexibility index (Phi) is 7.26. The van der Waals surface area contributed by atoms with Crippen molar-refractivity contribution in [2.24, 2.45) is 0 Å². The van der Waals surface area contributed by atoms with Gasteiger partial charge in [-0.05, 0) is 37.1 Å². The Morgan fingerprint density at radius 2 is 1.95 bits per heavy atom. The zero-order valence-electron chi connectivity index (χ0n) is 11.3. The van der Waals surface area contributed by atoms with Crippen molar-refractivity contribution >= 4 is 28.0 Å². The van der Waals surface area contributed by atoms with Crippen LogP contribution in [-0.2, 0) is 9.53 Å². The first-order chi connectivity index (χ1) is 9.21. The summed E-state index contributed by atoms with van der Waals surface area (Å²) in [4.78, 5) is 11.7. The molecule has 0 saturated heterocycles. The van der Waals surface area contributed by atoms with Gasteiger partial charge in [-0.25, -0.2) is 4.79 Å². The molecule has 0 radical (unpaired) electrons. The van der Waals surface area contributed by atoms with Crippen LogP contribution in [0.4, 0.5) is 0 Å². The van der Waals surface area contributed by atoms with Crippen LogP contribution in [0.25, 0.3) is 6.08 Å². The molecule has 104 valence electrons. The molecule has 19 heavy (non-hydrogen) atoms. The summed E-state index contributed by atoms with van der Waals surface area (Å²) < 4.78 is 10.5. The summed E-state index contributed by atoms with van der Waals surface area (Å²) >= 11 is 3.31. The van der Waals surface area contributed by atoms with Crippen LogP contribution in [0.1, 0.15) is 25.8 Å². The Morgan fingerprint density at radius 3 is 2.47 bits per heavy atom.